The molecule has 112 valence electrons. The lowest BCUT2D eigenvalue weighted by molar-refractivity contribution is 0.412. The van der Waals surface area contributed by atoms with Gasteiger partial charge in [-0.2, -0.15) is 0 Å². The molecule has 0 spiro atoms. The fourth-order valence-electron chi connectivity index (χ4n) is 2.99. The second-order valence-electron chi connectivity index (χ2n) is 5.76. The van der Waals surface area contributed by atoms with Crippen molar-refractivity contribution in [3.8, 4) is 0 Å². The van der Waals surface area contributed by atoms with Gasteiger partial charge in [0.1, 0.15) is 12.4 Å². The molecular formula is C16H23N5. The number of aryl methyl sites for hydroxylation is 1. The molecule has 2 aromatic rings. The van der Waals surface area contributed by atoms with E-state index in [0.29, 0.717) is 18.5 Å². The van der Waals surface area contributed by atoms with Gasteiger partial charge >= 0.3 is 0 Å². The first-order chi connectivity index (χ1) is 10.2. The predicted octanol–water partition coefficient (Wildman–Crippen LogP) is 2.31. The van der Waals surface area contributed by atoms with Crippen LogP contribution in [0.25, 0.3) is 11.0 Å². The van der Waals surface area contributed by atoms with Gasteiger partial charge < -0.3 is 15.6 Å². The zero-order valence-corrected chi connectivity index (χ0v) is 12.5. The second-order valence-corrected chi connectivity index (χ2v) is 5.76. The Hall–Kier alpha value is -2.04. The molecule has 0 atom stereocenters. The van der Waals surface area contributed by atoms with Crippen molar-refractivity contribution < 1.29 is 0 Å². The molecule has 5 nitrogen and oxygen atoms in total. The van der Waals surface area contributed by atoms with Gasteiger partial charge in [0, 0.05) is 13.1 Å². The van der Waals surface area contributed by atoms with E-state index in [1.807, 2.05) is 25.2 Å². The Morgan fingerprint density at radius 2 is 2.10 bits per heavy atom. The maximum absolute atomic E-state index is 6.00. The highest BCUT2D eigenvalue weighted by atomic mass is 15.1. The summed E-state index contributed by atoms with van der Waals surface area (Å²) in [6, 6.07) is 8.60. The van der Waals surface area contributed by atoms with Gasteiger partial charge in [0.05, 0.1) is 11.0 Å². The van der Waals surface area contributed by atoms with Gasteiger partial charge in [-0.15, -0.1) is 0 Å². The van der Waals surface area contributed by atoms with Crippen LogP contribution in [0.15, 0.2) is 29.3 Å². The molecule has 0 bridgehead atoms. The number of hydrogen-bond acceptors (Lipinski definition) is 2. The number of nitrogens with zero attached hydrogens (tertiary/aromatic N) is 3. The summed E-state index contributed by atoms with van der Waals surface area (Å²) in [6.45, 7) is 0.511. The summed E-state index contributed by atoms with van der Waals surface area (Å²) < 4.78 is 2.08. The first-order valence-corrected chi connectivity index (χ1v) is 7.71. The molecule has 0 radical (unpaired) electrons. The van der Waals surface area contributed by atoms with E-state index in [2.05, 4.69) is 25.9 Å². The van der Waals surface area contributed by atoms with Gasteiger partial charge in [-0.05, 0) is 25.0 Å². The Labute approximate surface area is 125 Å². The van der Waals surface area contributed by atoms with Crippen molar-refractivity contribution in [3.05, 3.63) is 30.1 Å². The lowest BCUT2D eigenvalue weighted by Crippen LogP contribution is -2.41. The van der Waals surface area contributed by atoms with Crippen molar-refractivity contribution >= 4 is 17.0 Å². The highest BCUT2D eigenvalue weighted by Gasteiger charge is 2.13. The number of imidazole rings is 1. The van der Waals surface area contributed by atoms with E-state index in [1.54, 1.807) is 0 Å². The van der Waals surface area contributed by atoms with Crippen LogP contribution >= 0.6 is 0 Å². The molecule has 3 rings (SSSR count). The molecule has 0 aliphatic heterocycles. The molecule has 1 saturated carbocycles. The Bertz CT molecular complexity index is 637. The molecule has 21 heavy (non-hydrogen) atoms. The van der Waals surface area contributed by atoms with Crippen molar-refractivity contribution in [2.24, 2.45) is 17.8 Å². The zero-order valence-electron chi connectivity index (χ0n) is 12.5. The van der Waals surface area contributed by atoms with E-state index < -0.39 is 0 Å². The average Bonchev–Trinajstić information content (AvgIpc) is 2.83. The van der Waals surface area contributed by atoms with E-state index in [4.69, 9.17) is 5.73 Å². The minimum atomic E-state index is 0.489. The van der Waals surface area contributed by atoms with Crippen LogP contribution in [0.4, 0.5) is 0 Å². The monoisotopic (exact) mass is 285 g/mol. The standard InChI is InChI=1S/C16H23N5/c1-21-14-10-6-5-9-13(14)20-15(21)11-18-16(17)19-12-7-3-2-4-8-12/h5-6,9-10,12H,2-4,7-8,11H2,1H3,(H3,17,18,19). The summed E-state index contributed by atoms with van der Waals surface area (Å²) in [4.78, 5) is 9.05. The van der Waals surface area contributed by atoms with Crippen molar-refractivity contribution in [2.75, 3.05) is 0 Å². The molecule has 1 heterocycles. The number of rotatable bonds is 3. The Kier molecular flexibility index (Phi) is 4.08. The average molecular weight is 285 g/mol. The van der Waals surface area contributed by atoms with Crippen molar-refractivity contribution in [2.45, 2.75) is 44.7 Å². The molecule has 0 amide bonds. The third-order valence-electron chi connectivity index (χ3n) is 4.23. The highest BCUT2D eigenvalue weighted by Crippen LogP contribution is 2.17. The smallest absolute Gasteiger partial charge is 0.189 e. The zero-order chi connectivity index (χ0) is 14.7. The number of fused-ring (bicyclic) bond motifs is 1. The molecule has 0 unspecified atom stereocenters. The first-order valence-electron chi connectivity index (χ1n) is 7.71. The minimum absolute atomic E-state index is 0.489. The van der Waals surface area contributed by atoms with Crippen LogP contribution in [0, 0.1) is 0 Å². The van der Waals surface area contributed by atoms with Gasteiger partial charge in [-0.25, -0.2) is 9.98 Å². The highest BCUT2D eigenvalue weighted by molar-refractivity contribution is 5.78. The Balaban J connectivity index is 1.67. The first kappa shape index (κ1) is 13.9. The predicted molar refractivity (Wildman–Crippen MR) is 86.0 cm³/mol. The molecule has 5 heteroatoms. The summed E-state index contributed by atoms with van der Waals surface area (Å²) >= 11 is 0. The van der Waals surface area contributed by atoms with Crippen molar-refractivity contribution in [1.82, 2.24) is 14.9 Å². The van der Waals surface area contributed by atoms with Crippen molar-refractivity contribution in [1.29, 1.82) is 0 Å². The summed E-state index contributed by atoms with van der Waals surface area (Å²) in [5.74, 6) is 1.47. The third-order valence-corrected chi connectivity index (χ3v) is 4.23. The van der Waals surface area contributed by atoms with E-state index in [1.165, 1.54) is 32.1 Å². The minimum Gasteiger partial charge on any atom is -0.370 e. The summed E-state index contributed by atoms with van der Waals surface area (Å²) in [5.41, 5.74) is 8.13. The lowest BCUT2D eigenvalue weighted by Gasteiger charge is -2.23. The van der Waals surface area contributed by atoms with Gasteiger partial charge in [0.25, 0.3) is 0 Å². The van der Waals surface area contributed by atoms with Gasteiger partial charge in [-0.3, -0.25) is 0 Å². The summed E-state index contributed by atoms with van der Waals surface area (Å²) in [5, 5.41) is 3.33. The molecule has 1 fully saturated rings. The third kappa shape index (κ3) is 3.17. The van der Waals surface area contributed by atoms with E-state index in [-0.39, 0.29) is 0 Å². The molecule has 1 aromatic carbocycles. The number of para-hydroxylation sites is 2. The Morgan fingerprint density at radius 1 is 1.33 bits per heavy atom. The molecule has 1 aromatic heterocycles. The second kappa shape index (κ2) is 6.16. The quantitative estimate of drug-likeness (QED) is 0.671. The topological polar surface area (TPSA) is 68.2 Å². The van der Waals surface area contributed by atoms with Crippen LogP contribution in [-0.4, -0.2) is 21.6 Å². The molecule has 1 aliphatic rings. The lowest BCUT2D eigenvalue weighted by atomic mass is 9.96. The number of benzene rings is 1. The normalized spacial score (nSPS) is 17.3. The van der Waals surface area contributed by atoms with Crippen molar-refractivity contribution in [3.63, 3.8) is 0 Å². The Morgan fingerprint density at radius 3 is 2.86 bits per heavy atom. The summed E-state index contributed by atoms with van der Waals surface area (Å²) in [6.07, 6.45) is 6.31. The fraction of sp³-hybridized carbons (Fsp3) is 0.500. The SMILES string of the molecule is Cn1c(CN=C(N)NC2CCCCC2)nc2ccccc21. The van der Waals surface area contributed by atoms with E-state index >= 15 is 0 Å². The number of guanidine groups is 1. The van der Waals surface area contributed by atoms with Gasteiger partial charge in [-0.1, -0.05) is 31.4 Å². The maximum Gasteiger partial charge on any atom is 0.189 e. The van der Waals surface area contributed by atoms with E-state index in [9.17, 15) is 0 Å². The van der Waals surface area contributed by atoms with Crippen LogP contribution in [0.3, 0.4) is 0 Å². The number of nitrogens with two attached hydrogens (primary N) is 1. The number of aliphatic imine (C=N–C) groups is 1. The molecule has 1 aliphatic carbocycles. The molecule has 3 N–H and O–H groups in total. The number of hydrogen-bond donors (Lipinski definition) is 2. The van der Waals surface area contributed by atoms with Crippen LogP contribution < -0.4 is 11.1 Å². The van der Waals surface area contributed by atoms with Gasteiger partial charge in [0.2, 0.25) is 0 Å². The molecular weight excluding hydrogens is 262 g/mol. The van der Waals surface area contributed by atoms with Crippen LogP contribution in [0.2, 0.25) is 0 Å². The van der Waals surface area contributed by atoms with Crippen LogP contribution in [0.5, 0.6) is 0 Å². The van der Waals surface area contributed by atoms with Gasteiger partial charge in [0.15, 0.2) is 5.96 Å². The number of nitrogens with one attached hydrogen (secondary N) is 1. The largest absolute Gasteiger partial charge is 0.370 e. The van der Waals surface area contributed by atoms with Crippen LogP contribution in [-0.2, 0) is 13.6 Å². The fourth-order valence-corrected chi connectivity index (χ4v) is 2.99. The molecule has 0 saturated heterocycles. The maximum atomic E-state index is 6.00. The van der Waals surface area contributed by atoms with E-state index in [0.717, 1.165) is 16.9 Å². The summed E-state index contributed by atoms with van der Waals surface area (Å²) in [7, 11) is 2.02. The number of aromatic nitrogens is 2. The van der Waals surface area contributed by atoms with Crippen LogP contribution in [0.1, 0.15) is 37.9 Å².